The molecular formula is C12H14BrN3O. The van der Waals surface area contributed by atoms with E-state index in [0.717, 1.165) is 15.9 Å². The monoisotopic (exact) mass is 295 g/mol. The maximum Gasteiger partial charge on any atom is 0.250 e. The van der Waals surface area contributed by atoms with Crippen molar-refractivity contribution in [1.82, 2.24) is 14.3 Å². The van der Waals surface area contributed by atoms with Gasteiger partial charge < -0.3 is 4.57 Å². The lowest BCUT2D eigenvalue weighted by atomic mass is 10.4. The molecule has 0 radical (unpaired) electrons. The van der Waals surface area contributed by atoms with E-state index in [-0.39, 0.29) is 5.56 Å². The van der Waals surface area contributed by atoms with Crippen LogP contribution in [0.5, 0.6) is 0 Å². The summed E-state index contributed by atoms with van der Waals surface area (Å²) in [5, 5.41) is 4.41. The lowest BCUT2D eigenvalue weighted by molar-refractivity contribution is 0.512. The maximum atomic E-state index is 11.5. The molecule has 0 unspecified atom stereocenters. The average Bonchev–Trinajstić information content (AvgIpc) is 2.56. The Kier molecular flexibility index (Phi) is 3.47. The molecule has 2 aromatic rings. The zero-order valence-electron chi connectivity index (χ0n) is 9.85. The number of nitrogens with zero attached hydrogens (tertiary/aromatic N) is 3. The van der Waals surface area contributed by atoms with Crippen LogP contribution in [0.3, 0.4) is 0 Å². The van der Waals surface area contributed by atoms with Gasteiger partial charge in [-0.05, 0) is 35.8 Å². The Morgan fingerprint density at radius 1 is 1.29 bits per heavy atom. The normalized spacial score (nSPS) is 10.8. The van der Waals surface area contributed by atoms with Gasteiger partial charge in [-0.15, -0.1) is 0 Å². The first kappa shape index (κ1) is 12.1. The first-order valence-corrected chi connectivity index (χ1v) is 6.24. The van der Waals surface area contributed by atoms with E-state index in [0.29, 0.717) is 13.1 Å². The van der Waals surface area contributed by atoms with Crippen LogP contribution >= 0.6 is 15.9 Å². The van der Waals surface area contributed by atoms with Crippen molar-refractivity contribution >= 4 is 15.9 Å². The van der Waals surface area contributed by atoms with Gasteiger partial charge in [-0.3, -0.25) is 9.48 Å². The lowest BCUT2D eigenvalue weighted by Gasteiger charge is -2.06. The van der Waals surface area contributed by atoms with Crippen LogP contribution in [0.1, 0.15) is 11.4 Å². The van der Waals surface area contributed by atoms with Gasteiger partial charge in [-0.2, -0.15) is 5.10 Å². The summed E-state index contributed by atoms with van der Waals surface area (Å²) in [7, 11) is 0. The molecule has 2 heterocycles. The van der Waals surface area contributed by atoms with Crippen LogP contribution in [0.2, 0.25) is 0 Å². The molecule has 0 aliphatic rings. The second kappa shape index (κ2) is 4.87. The number of rotatable bonds is 3. The first-order valence-electron chi connectivity index (χ1n) is 5.44. The van der Waals surface area contributed by atoms with Crippen molar-refractivity contribution in [3.8, 4) is 0 Å². The molecule has 0 N–H and O–H groups in total. The molecule has 17 heavy (non-hydrogen) atoms. The van der Waals surface area contributed by atoms with Gasteiger partial charge in [0.25, 0.3) is 5.56 Å². The van der Waals surface area contributed by atoms with Gasteiger partial charge >= 0.3 is 0 Å². The lowest BCUT2D eigenvalue weighted by Crippen LogP contribution is -2.21. The summed E-state index contributed by atoms with van der Waals surface area (Å²) in [6.07, 6.45) is 1.79. The predicted octanol–water partition coefficient (Wildman–Crippen LogP) is 2.12. The van der Waals surface area contributed by atoms with Gasteiger partial charge in [0.1, 0.15) is 0 Å². The van der Waals surface area contributed by atoms with E-state index in [9.17, 15) is 4.79 Å². The van der Waals surface area contributed by atoms with E-state index in [4.69, 9.17) is 0 Å². The van der Waals surface area contributed by atoms with E-state index >= 15 is 0 Å². The number of aromatic nitrogens is 3. The van der Waals surface area contributed by atoms with Crippen LogP contribution in [0.15, 0.2) is 33.7 Å². The molecule has 0 aliphatic carbocycles. The van der Waals surface area contributed by atoms with E-state index in [1.807, 2.05) is 24.6 Å². The summed E-state index contributed by atoms with van der Waals surface area (Å²) < 4.78 is 4.64. The molecule has 0 atom stereocenters. The maximum absolute atomic E-state index is 11.5. The van der Waals surface area contributed by atoms with Crippen LogP contribution in [-0.2, 0) is 13.1 Å². The summed E-state index contributed by atoms with van der Waals surface area (Å²) in [4.78, 5) is 11.5. The van der Waals surface area contributed by atoms with Gasteiger partial charge in [0.05, 0.1) is 16.7 Å². The Labute approximate surface area is 108 Å². The standard InChI is InChI=1S/C12H14BrN3O/c1-9-12(13)10(2)16(14-9)8-7-15-6-4-3-5-11(15)17/h3-6H,7-8H2,1-2H3. The molecule has 0 fully saturated rings. The Morgan fingerprint density at radius 3 is 2.65 bits per heavy atom. The molecule has 90 valence electrons. The fraction of sp³-hybridized carbons (Fsp3) is 0.333. The Morgan fingerprint density at radius 2 is 2.06 bits per heavy atom. The molecule has 0 aromatic carbocycles. The minimum atomic E-state index is 0.0214. The minimum Gasteiger partial charge on any atom is -0.314 e. The molecule has 0 saturated heterocycles. The number of hydrogen-bond acceptors (Lipinski definition) is 2. The highest BCUT2D eigenvalue weighted by molar-refractivity contribution is 9.10. The molecule has 0 spiro atoms. The van der Waals surface area contributed by atoms with E-state index in [1.54, 1.807) is 22.9 Å². The molecule has 2 rings (SSSR count). The SMILES string of the molecule is Cc1nn(CCn2ccccc2=O)c(C)c1Br. The highest BCUT2D eigenvalue weighted by atomic mass is 79.9. The summed E-state index contributed by atoms with van der Waals surface area (Å²) in [5.74, 6) is 0. The van der Waals surface area contributed by atoms with Crippen molar-refractivity contribution in [3.63, 3.8) is 0 Å². The first-order chi connectivity index (χ1) is 8.09. The van der Waals surface area contributed by atoms with E-state index in [2.05, 4.69) is 21.0 Å². The second-order valence-electron chi connectivity index (χ2n) is 3.94. The van der Waals surface area contributed by atoms with Crippen LogP contribution in [0.25, 0.3) is 0 Å². The van der Waals surface area contributed by atoms with E-state index in [1.165, 1.54) is 0 Å². The van der Waals surface area contributed by atoms with Gasteiger partial charge in [0, 0.05) is 24.5 Å². The molecule has 0 saturated carbocycles. The number of aryl methyl sites for hydroxylation is 3. The summed E-state index contributed by atoms with van der Waals surface area (Å²) in [6, 6.07) is 5.17. The second-order valence-corrected chi connectivity index (χ2v) is 4.73. The van der Waals surface area contributed by atoms with Crippen LogP contribution in [0, 0.1) is 13.8 Å². The quantitative estimate of drug-likeness (QED) is 0.870. The number of hydrogen-bond donors (Lipinski definition) is 0. The third-order valence-corrected chi connectivity index (χ3v) is 3.89. The van der Waals surface area contributed by atoms with Gasteiger partial charge in [-0.1, -0.05) is 6.07 Å². The highest BCUT2D eigenvalue weighted by Gasteiger charge is 2.08. The largest absolute Gasteiger partial charge is 0.314 e. The fourth-order valence-electron chi connectivity index (χ4n) is 1.74. The van der Waals surface area contributed by atoms with Crippen LogP contribution in [0.4, 0.5) is 0 Å². The third kappa shape index (κ3) is 2.49. The molecule has 5 heteroatoms. The Balaban J connectivity index is 2.16. The van der Waals surface area contributed by atoms with Crippen molar-refractivity contribution in [3.05, 3.63) is 50.6 Å². The van der Waals surface area contributed by atoms with Crippen molar-refractivity contribution in [2.24, 2.45) is 0 Å². The topological polar surface area (TPSA) is 39.8 Å². The van der Waals surface area contributed by atoms with Crippen molar-refractivity contribution < 1.29 is 0 Å². The van der Waals surface area contributed by atoms with Crippen molar-refractivity contribution in [1.29, 1.82) is 0 Å². The summed E-state index contributed by atoms with van der Waals surface area (Å²) in [5.41, 5.74) is 2.09. The summed E-state index contributed by atoms with van der Waals surface area (Å²) in [6.45, 7) is 5.30. The van der Waals surface area contributed by atoms with Crippen molar-refractivity contribution in [2.45, 2.75) is 26.9 Å². The predicted molar refractivity (Wildman–Crippen MR) is 70.1 cm³/mol. The molecule has 4 nitrogen and oxygen atoms in total. The number of pyridine rings is 1. The van der Waals surface area contributed by atoms with E-state index < -0.39 is 0 Å². The Bertz CT molecular complexity index is 586. The van der Waals surface area contributed by atoms with Crippen molar-refractivity contribution in [2.75, 3.05) is 0 Å². The molecular weight excluding hydrogens is 282 g/mol. The molecule has 0 amide bonds. The van der Waals surface area contributed by atoms with Crippen LogP contribution < -0.4 is 5.56 Å². The average molecular weight is 296 g/mol. The molecule has 2 aromatic heterocycles. The van der Waals surface area contributed by atoms with Crippen LogP contribution in [-0.4, -0.2) is 14.3 Å². The zero-order chi connectivity index (χ0) is 12.4. The smallest absolute Gasteiger partial charge is 0.250 e. The zero-order valence-corrected chi connectivity index (χ0v) is 11.4. The fourth-order valence-corrected chi connectivity index (χ4v) is 2.02. The summed E-state index contributed by atoms with van der Waals surface area (Å²) >= 11 is 3.49. The molecule has 0 bridgehead atoms. The highest BCUT2D eigenvalue weighted by Crippen LogP contribution is 2.19. The van der Waals surface area contributed by atoms with Gasteiger partial charge in [-0.25, -0.2) is 0 Å². The van der Waals surface area contributed by atoms with Gasteiger partial charge in [0.2, 0.25) is 0 Å². The minimum absolute atomic E-state index is 0.0214. The number of halogens is 1. The van der Waals surface area contributed by atoms with Gasteiger partial charge in [0.15, 0.2) is 0 Å². The Hall–Kier alpha value is -1.36. The molecule has 0 aliphatic heterocycles. The third-order valence-electron chi connectivity index (χ3n) is 2.74.